The van der Waals surface area contributed by atoms with Crippen LogP contribution in [-0.2, 0) is 24.0 Å². The van der Waals surface area contributed by atoms with Crippen molar-refractivity contribution in [2.45, 2.75) is 67.7 Å². The quantitative estimate of drug-likeness (QED) is 0.246. The molecule has 8 nitrogen and oxygen atoms in total. The fourth-order valence-electron chi connectivity index (χ4n) is 3.44. The van der Waals surface area contributed by atoms with E-state index in [0.717, 1.165) is 6.42 Å². The number of carbonyl (C=O) groups excluding carboxylic acids is 5. The third-order valence-electron chi connectivity index (χ3n) is 5.58. The number of Topliss-reactive ketones (excluding diaryl/α,β-unsaturated/α-hetero) is 5. The zero-order chi connectivity index (χ0) is 26.3. The molecular weight excluding hydrogens is 434 g/mol. The van der Waals surface area contributed by atoms with Crippen molar-refractivity contribution in [3.63, 3.8) is 0 Å². The van der Waals surface area contributed by atoms with Gasteiger partial charge in [0.1, 0.15) is 28.9 Å². The van der Waals surface area contributed by atoms with Crippen molar-refractivity contribution in [2.75, 3.05) is 58.9 Å². The molecule has 0 unspecified atom stereocenters. The number of carbonyl (C=O) groups is 5. The summed E-state index contributed by atoms with van der Waals surface area (Å²) < 4.78 is 0. The molecule has 0 bridgehead atoms. The van der Waals surface area contributed by atoms with E-state index in [2.05, 4.69) is 13.8 Å². The maximum absolute atomic E-state index is 12.5. The average Bonchev–Trinajstić information content (AvgIpc) is 2.72. The molecule has 0 saturated heterocycles. The molecule has 0 aromatic heterocycles. The van der Waals surface area contributed by atoms with E-state index in [1.54, 1.807) is 6.92 Å². The molecule has 196 valence electrons. The predicted octanol–water partition coefficient (Wildman–Crippen LogP) is 2.28. The zero-order valence-corrected chi connectivity index (χ0v) is 22.5. The summed E-state index contributed by atoms with van der Waals surface area (Å²) in [6.45, 7) is 15.7. The van der Waals surface area contributed by atoms with Crippen molar-refractivity contribution in [2.24, 2.45) is 11.8 Å². The highest BCUT2D eigenvalue weighted by Gasteiger charge is 2.19. The maximum atomic E-state index is 12.5. The summed E-state index contributed by atoms with van der Waals surface area (Å²) in [7, 11) is 0. The molecule has 0 saturated carbocycles. The lowest BCUT2D eigenvalue weighted by molar-refractivity contribution is -0.125. The van der Waals surface area contributed by atoms with E-state index in [9.17, 15) is 24.0 Å². The van der Waals surface area contributed by atoms with Gasteiger partial charge in [-0.1, -0.05) is 34.6 Å². The molecule has 0 heterocycles. The lowest BCUT2D eigenvalue weighted by atomic mass is 10.1. The van der Waals surface area contributed by atoms with Crippen LogP contribution >= 0.6 is 0 Å². The van der Waals surface area contributed by atoms with Crippen LogP contribution in [0.4, 0.5) is 0 Å². The largest absolute Gasteiger partial charge is 0.299 e. The van der Waals surface area contributed by atoms with Gasteiger partial charge in [-0.15, -0.1) is 0 Å². The van der Waals surface area contributed by atoms with E-state index in [0.29, 0.717) is 44.9 Å². The summed E-state index contributed by atoms with van der Waals surface area (Å²) in [4.78, 5) is 65.9. The first-order valence-corrected chi connectivity index (χ1v) is 12.6. The maximum Gasteiger partial charge on any atom is 0.149 e. The zero-order valence-electron chi connectivity index (χ0n) is 22.5. The van der Waals surface area contributed by atoms with Crippen molar-refractivity contribution in [3.05, 3.63) is 0 Å². The molecule has 0 aromatic carbocycles. The number of hydrogen-bond donors (Lipinski definition) is 0. The first-order chi connectivity index (χ1) is 15.8. The van der Waals surface area contributed by atoms with Gasteiger partial charge in [-0.2, -0.15) is 0 Å². The van der Waals surface area contributed by atoms with Gasteiger partial charge in [0.15, 0.2) is 0 Å². The fourth-order valence-corrected chi connectivity index (χ4v) is 3.44. The van der Waals surface area contributed by atoms with Crippen LogP contribution in [-0.4, -0.2) is 103 Å². The Hall–Kier alpha value is -1.77. The SMILES string of the molecule is CCC(=O)CN(CCN(CCN(CC(=O)CCC(C)C)CC(=O)C(C)C)CC(C)=O)CC(C)=O. The lowest BCUT2D eigenvalue weighted by Crippen LogP contribution is -2.45. The Bertz CT molecular complexity index is 675. The molecule has 0 atom stereocenters. The van der Waals surface area contributed by atoms with Crippen LogP contribution in [0.2, 0.25) is 0 Å². The average molecular weight is 482 g/mol. The number of rotatable bonds is 21. The Morgan fingerprint density at radius 3 is 1.50 bits per heavy atom. The molecule has 0 N–H and O–H groups in total. The van der Waals surface area contributed by atoms with Gasteiger partial charge >= 0.3 is 0 Å². The Kier molecular flexibility index (Phi) is 16.7. The van der Waals surface area contributed by atoms with Gasteiger partial charge in [0.25, 0.3) is 0 Å². The summed E-state index contributed by atoms with van der Waals surface area (Å²) >= 11 is 0. The molecule has 0 aliphatic heterocycles. The van der Waals surface area contributed by atoms with Gasteiger partial charge in [-0.3, -0.25) is 38.7 Å². The minimum Gasteiger partial charge on any atom is -0.299 e. The molecule has 0 fully saturated rings. The second kappa shape index (κ2) is 17.6. The predicted molar refractivity (Wildman–Crippen MR) is 135 cm³/mol. The summed E-state index contributed by atoms with van der Waals surface area (Å²) in [5.74, 6) is 0.601. The molecule has 8 heteroatoms. The standard InChI is InChI=1S/C26H47N3O5/c1-8-24(32)17-28(16-23(7)31)13-11-27(15-22(6)30)12-14-29(19-26(34)21(4)5)18-25(33)10-9-20(2)3/h20-21H,8-19H2,1-7H3. The first kappa shape index (κ1) is 32.2. The smallest absolute Gasteiger partial charge is 0.149 e. The normalized spacial score (nSPS) is 11.8. The number of ketones is 5. The number of nitrogens with zero attached hydrogens (tertiary/aromatic N) is 3. The molecule has 0 spiro atoms. The minimum absolute atomic E-state index is 0.0136. The van der Waals surface area contributed by atoms with Gasteiger partial charge in [0, 0.05) is 44.9 Å². The highest BCUT2D eigenvalue weighted by atomic mass is 16.1. The molecule has 0 aliphatic rings. The van der Waals surface area contributed by atoms with Gasteiger partial charge in [-0.25, -0.2) is 0 Å². The Labute approximate surface area is 206 Å². The van der Waals surface area contributed by atoms with E-state index in [1.807, 2.05) is 28.5 Å². The number of hydrogen-bond acceptors (Lipinski definition) is 8. The van der Waals surface area contributed by atoms with Crippen molar-refractivity contribution in [3.8, 4) is 0 Å². The molecule has 0 radical (unpaired) electrons. The summed E-state index contributed by atoms with van der Waals surface area (Å²) in [5, 5.41) is 0. The topological polar surface area (TPSA) is 95.1 Å². The molecule has 0 rings (SSSR count). The van der Waals surface area contributed by atoms with Gasteiger partial charge in [0.2, 0.25) is 0 Å². The van der Waals surface area contributed by atoms with E-state index >= 15 is 0 Å². The van der Waals surface area contributed by atoms with Crippen molar-refractivity contribution in [1.82, 2.24) is 14.7 Å². The highest BCUT2D eigenvalue weighted by molar-refractivity contribution is 5.84. The van der Waals surface area contributed by atoms with E-state index in [4.69, 9.17) is 0 Å². The van der Waals surface area contributed by atoms with Crippen LogP contribution < -0.4 is 0 Å². The molecule has 0 amide bonds. The van der Waals surface area contributed by atoms with Crippen molar-refractivity contribution >= 4 is 28.9 Å². The first-order valence-electron chi connectivity index (χ1n) is 12.6. The second-order valence-corrected chi connectivity index (χ2v) is 10.1. The van der Waals surface area contributed by atoms with E-state index in [1.165, 1.54) is 13.8 Å². The highest BCUT2D eigenvalue weighted by Crippen LogP contribution is 2.06. The third kappa shape index (κ3) is 16.8. The van der Waals surface area contributed by atoms with Crippen LogP contribution in [0.5, 0.6) is 0 Å². The third-order valence-corrected chi connectivity index (χ3v) is 5.58. The van der Waals surface area contributed by atoms with E-state index in [-0.39, 0.29) is 67.6 Å². The Morgan fingerprint density at radius 2 is 1.06 bits per heavy atom. The van der Waals surface area contributed by atoms with Crippen molar-refractivity contribution < 1.29 is 24.0 Å². The van der Waals surface area contributed by atoms with Gasteiger partial charge in [0.05, 0.1) is 32.7 Å². The van der Waals surface area contributed by atoms with Crippen LogP contribution in [0.25, 0.3) is 0 Å². The van der Waals surface area contributed by atoms with Gasteiger partial charge < -0.3 is 0 Å². The summed E-state index contributed by atoms with van der Waals surface area (Å²) in [5.41, 5.74) is 0. The Morgan fingerprint density at radius 1 is 0.618 bits per heavy atom. The second-order valence-electron chi connectivity index (χ2n) is 10.1. The van der Waals surface area contributed by atoms with Crippen LogP contribution in [0, 0.1) is 11.8 Å². The van der Waals surface area contributed by atoms with Crippen LogP contribution in [0.1, 0.15) is 67.7 Å². The lowest BCUT2D eigenvalue weighted by Gasteiger charge is -2.29. The molecule has 34 heavy (non-hydrogen) atoms. The van der Waals surface area contributed by atoms with E-state index < -0.39 is 0 Å². The van der Waals surface area contributed by atoms with Crippen LogP contribution in [0.3, 0.4) is 0 Å². The molecule has 0 aliphatic carbocycles. The fraction of sp³-hybridized carbons (Fsp3) is 0.808. The summed E-state index contributed by atoms with van der Waals surface area (Å²) in [6.07, 6.45) is 1.73. The van der Waals surface area contributed by atoms with Gasteiger partial charge in [-0.05, 0) is 26.2 Å². The monoisotopic (exact) mass is 481 g/mol. The summed E-state index contributed by atoms with van der Waals surface area (Å²) in [6, 6.07) is 0. The van der Waals surface area contributed by atoms with Crippen LogP contribution in [0.15, 0.2) is 0 Å². The minimum atomic E-state index is -0.113. The Balaban J connectivity index is 5.19. The molecule has 0 aromatic rings. The molecular formula is C26H47N3O5. The van der Waals surface area contributed by atoms with Crippen molar-refractivity contribution in [1.29, 1.82) is 0 Å².